The zero-order chi connectivity index (χ0) is 17.5. The number of anilines is 1. The topological polar surface area (TPSA) is 66.9 Å². The van der Waals surface area contributed by atoms with Gasteiger partial charge in [-0.05, 0) is 42.3 Å². The average Bonchev–Trinajstić information content (AvgIpc) is 2.67. The quantitative estimate of drug-likeness (QED) is 0.726. The van der Waals surface area contributed by atoms with Crippen LogP contribution in [0.2, 0.25) is 0 Å². The third-order valence-corrected chi connectivity index (χ3v) is 3.81. The Morgan fingerprint density at radius 2 is 1.64 bits per heavy atom. The lowest BCUT2D eigenvalue weighted by Gasteiger charge is -2.09. The average molecular weight is 332 g/mol. The summed E-state index contributed by atoms with van der Waals surface area (Å²) >= 11 is 0. The molecule has 2 heterocycles. The molecule has 0 saturated heterocycles. The summed E-state index contributed by atoms with van der Waals surface area (Å²) in [4.78, 5) is 20.4. The summed E-state index contributed by atoms with van der Waals surface area (Å²) in [5.74, 6) is -0.198. The summed E-state index contributed by atoms with van der Waals surface area (Å²) in [5, 5.41) is 6.19. The molecule has 5 heteroatoms. The molecule has 0 spiro atoms. The normalized spacial score (nSPS) is 10.3. The summed E-state index contributed by atoms with van der Waals surface area (Å²) in [6.45, 7) is 3.21. The van der Waals surface area contributed by atoms with Crippen LogP contribution in [0.4, 0.5) is 5.69 Å². The van der Waals surface area contributed by atoms with Gasteiger partial charge in [-0.15, -0.1) is 0 Å². The van der Waals surface area contributed by atoms with E-state index >= 15 is 0 Å². The number of carbonyl (C=O) groups excluding carboxylic acids is 1. The predicted octanol–water partition coefficient (Wildman–Crippen LogP) is 3.33. The van der Waals surface area contributed by atoms with Gasteiger partial charge in [-0.1, -0.05) is 29.8 Å². The van der Waals surface area contributed by atoms with E-state index in [4.69, 9.17) is 0 Å². The standard InChI is InChI=1S/C20H20N4O/c1-15-2-4-16(5-3-15)13-23-18-8-11-22-19(12-18)20(25)24-14-17-6-9-21-10-7-17/h2-12H,13-14H2,1H3,(H,22,23)(H,24,25). The first-order valence-corrected chi connectivity index (χ1v) is 8.13. The third kappa shape index (κ3) is 4.88. The van der Waals surface area contributed by atoms with E-state index in [-0.39, 0.29) is 5.91 Å². The molecule has 3 aromatic rings. The fraction of sp³-hybridized carbons (Fsp3) is 0.150. The van der Waals surface area contributed by atoms with E-state index in [0.717, 1.165) is 11.3 Å². The van der Waals surface area contributed by atoms with E-state index in [1.807, 2.05) is 18.2 Å². The molecule has 126 valence electrons. The number of nitrogens with one attached hydrogen (secondary N) is 2. The number of rotatable bonds is 6. The highest BCUT2D eigenvalue weighted by Gasteiger charge is 2.07. The fourth-order valence-electron chi connectivity index (χ4n) is 2.35. The van der Waals surface area contributed by atoms with Crippen molar-refractivity contribution >= 4 is 11.6 Å². The molecule has 0 atom stereocenters. The van der Waals surface area contributed by atoms with Gasteiger partial charge in [0.05, 0.1) is 0 Å². The monoisotopic (exact) mass is 332 g/mol. The van der Waals surface area contributed by atoms with Gasteiger partial charge in [-0.2, -0.15) is 0 Å². The Bertz CT molecular complexity index is 832. The first kappa shape index (κ1) is 16.6. The highest BCUT2D eigenvalue weighted by molar-refractivity contribution is 5.93. The molecule has 1 amide bonds. The molecular weight excluding hydrogens is 312 g/mol. The van der Waals surface area contributed by atoms with Gasteiger partial charge in [-0.3, -0.25) is 14.8 Å². The zero-order valence-corrected chi connectivity index (χ0v) is 14.1. The summed E-state index contributed by atoms with van der Waals surface area (Å²) < 4.78 is 0. The van der Waals surface area contributed by atoms with Gasteiger partial charge in [0.25, 0.3) is 5.91 Å². The van der Waals surface area contributed by atoms with Crippen molar-refractivity contribution in [3.63, 3.8) is 0 Å². The second-order valence-corrected chi connectivity index (χ2v) is 5.81. The van der Waals surface area contributed by atoms with Gasteiger partial charge in [0.2, 0.25) is 0 Å². The van der Waals surface area contributed by atoms with Crippen LogP contribution >= 0.6 is 0 Å². The molecule has 0 aliphatic rings. The first-order chi connectivity index (χ1) is 12.2. The second kappa shape index (κ2) is 8.06. The van der Waals surface area contributed by atoms with Crippen LogP contribution in [0.3, 0.4) is 0 Å². The van der Waals surface area contributed by atoms with Crippen LogP contribution in [0.5, 0.6) is 0 Å². The molecule has 0 aliphatic heterocycles. The van der Waals surface area contributed by atoms with Crippen molar-refractivity contribution in [2.45, 2.75) is 20.0 Å². The highest BCUT2D eigenvalue weighted by Crippen LogP contribution is 2.11. The van der Waals surface area contributed by atoms with E-state index in [0.29, 0.717) is 18.8 Å². The molecule has 2 aromatic heterocycles. The number of aromatic nitrogens is 2. The van der Waals surface area contributed by atoms with Gasteiger partial charge in [0.1, 0.15) is 5.69 Å². The Balaban J connectivity index is 1.58. The van der Waals surface area contributed by atoms with Gasteiger partial charge in [-0.25, -0.2) is 0 Å². The Morgan fingerprint density at radius 3 is 2.40 bits per heavy atom. The van der Waals surface area contributed by atoms with Crippen molar-refractivity contribution in [2.75, 3.05) is 5.32 Å². The lowest BCUT2D eigenvalue weighted by atomic mass is 10.1. The Morgan fingerprint density at radius 1 is 0.920 bits per heavy atom. The maximum atomic E-state index is 12.3. The van der Waals surface area contributed by atoms with Crippen LogP contribution in [0.1, 0.15) is 27.2 Å². The van der Waals surface area contributed by atoms with Crippen LogP contribution in [-0.2, 0) is 13.1 Å². The minimum Gasteiger partial charge on any atom is -0.381 e. The molecule has 3 rings (SSSR count). The van der Waals surface area contributed by atoms with Crippen molar-refractivity contribution in [2.24, 2.45) is 0 Å². The minimum absolute atomic E-state index is 0.198. The SMILES string of the molecule is Cc1ccc(CNc2ccnc(C(=O)NCc3ccncc3)c2)cc1. The summed E-state index contributed by atoms with van der Waals surface area (Å²) in [6, 6.07) is 15.7. The maximum Gasteiger partial charge on any atom is 0.270 e. The number of nitrogens with zero attached hydrogens (tertiary/aromatic N) is 2. The van der Waals surface area contributed by atoms with Crippen molar-refractivity contribution < 1.29 is 4.79 Å². The Hall–Kier alpha value is -3.21. The molecular formula is C20H20N4O. The first-order valence-electron chi connectivity index (χ1n) is 8.13. The molecule has 0 unspecified atom stereocenters. The molecule has 0 bridgehead atoms. The lowest BCUT2D eigenvalue weighted by molar-refractivity contribution is 0.0946. The molecule has 1 aromatic carbocycles. The van der Waals surface area contributed by atoms with Gasteiger partial charge in [0.15, 0.2) is 0 Å². The van der Waals surface area contributed by atoms with E-state index in [2.05, 4.69) is 51.8 Å². The number of benzene rings is 1. The molecule has 2 N–H and O–H groups in total. The van der Waals surface area contributed by atoms with E-state index in [1.165, 1.54) is 11.1 Å². The number of hydrogen-bond acceptors (Lipinski definition) is 4. The van der Waals surface area contributed by atoms with Crippen molar-refractivity contribution in [1.82, 2.24) is 15.3 Å². The molecule has 0 saturated carbocycles. The number of aryl methyl sites for hydroxylation is 1. The molecule has 5 nitrogen and oxygen atoms in total. The smallest absolute Gasteiger partial charge is 0.270 e. The lowest BCUT2D eigenvalue weighted by Crippen LogP contribution is -2.23. The van der Waals surface area contributed by atoms with E-state index < -0.39 is 0 Å². The van der Waals surface area contributed by atoms with Crippen molar-refractivity contribution in [1.29, 1.82) is 0 Å². The van der Waals surface area contributed by atoms with Crippen molar-refractivity contribution in [3.05, 3.63) is 89.5 Å². The molecule has 0 aliphatic carbocycles. The van der Waals surface area contributed by atoms with Crippen LogP contribution in [0, 0.1) is 6.92 Å². The Labute approximate surface area is 147 Å². The van der Waals surface area contributed by atoms with Crippen LogP contribution in [-0.4, -0.2) is 15.9 Å². The molecule has 25 heavy (non-hydrogen) atoms. The van der Waals surface area contributed by atoms with Crippen LogP contribution in [0.25, 0.3) is 0 Å². The molecule has 0 fully saturated rings. The van der Waals surface area contributed by atoms with Crippen LogP contribution in [0.15, 0.2) is 67.1 Å². The number of carbonyl (C=O) groups is 1. The summed E-state index contributed by atoms with van der Waals surface area (Å²) in [7, 11) is 0. The van der Waals surface area contributed by atoms with Gasteiger partial charge < -0.3 is 10.6 Å². The molecule has 0 radical (unpaired) electrons. The second-order valence-electron chi connectivity index (χ2n) is 5.81. The number of amides is 1. The zero-order valence-electron chi connectivity index (χ0n) is 14.1. The largest absolute Gasteiger partial charge is 0.381 e. The number of pyridine rings is 2. The summed E-state index contributed by atoms with van der Waals surface area (Å²) in [5.41, 5.74) is 4.68. The third-order valence-electron chi connectivity index (χ3n) is 3.81. The Kier molecular flexibility index (Phi) is 5.36. The summed E-state index contributed by atoms with van der Waals surface area (Å²) in [6.07, 6.45) is 5.05. The van der Waals surface area contributed by atoms with E-state index in [9.17, 15) is 4.79 Å². The van der Waals surface area contributed by atoms with E-state index in [1.54, 1.807) is 24.7 Å². The van der Waals surface area contributed by atoms with Crippen LogP contribution < -0.4 is 10.6 Å². The predicted molar refractivity (Wildman–Crippen MR) is 98.1 cm³/mol. The minimum atomic E-state index is -0.198. The van der Waals surface area contributed by atoms with Gasteiger partial charge in [0, 0.05) is 37.4 Å². The van der Waals surface area contributed by atoms with Gasteiger partial charge >= 0.3 is 0 Å². The maximum absolute atomic E-state index is 12.3. The fourth-order valence-corrected chi connectivity index (χ4v) is 2.35. The van der Waals surface area contributed by atoms with Crippen molar-refractivity contribution in [3.8, 4) is 0 Å². The highest BCUT2D eigenvalue weighted by atomic mass is 16.1. The number of hydrogen-bond donors (Lipinski definition) is 2.